The molecular formula is C15H26AsOPS3. The van der Waals surface area contributed by atoms with Crippen LogP contribution in [0, 0.1) is 5.92 Å². The molecule has 0 N–H and O–H groups in total. The van der Waals surface area contributed by atoms with Gasteiger partial charge in [0.15, 0.2) is 0 Å². The van der Waals surface area contributed by atoms with Crippen LogP contribution in [0.5, 0.6) is 5.75 Å². The van der Waals surface area contributed by atoms with Gasteiger partial charge in [0.05, 0.1) is 0 Å². The molecule has 0 saturated carbocycles. The zero-order chi connectivity index (χ0) is 15.9. The molecule has 0 spiro atoms. The van der Waals surface area contributed by atoms with E-state index in [-0.39, 0.29) is 0 Å². The molecule has 21 heavy (non-hydrogen) atoms. The predicted molar refractivity (Wildman–Crippen MR) is 109 cm³/mol. The summed E-state index contributed by atoms with van der Waals surface area (Å²) in [7, 11) is 3.91. The molecule has 1 aromatic rings. The van der Waals surface area contributed by atoms with E-state index in [1.165, 1.54) is 15.7 Å². The van der Waals surface area contributed by atoms with Crippen LogP contribution in [0.4, 0.5) is 0 Å². The van der Waals surface area contributed by atoms with Gasteiger partial charge >= 0.3 is 148 Å². The van der Waals surface area contributed by atoms with E-state index in [0.29, 0.717) is 5.92 Å². The van der Waals surface area contributed by atoms with Crippen LogP contribution < -0.4 is 10.0 Å². The molecule has 0 amide bonds. The summed E-state index contributed by atoms with van der Waals surface area (Å²) in [6.07, 6.45) is 0. The molecule has 1 nitrogen and oxygen atoms in total. The number of hydrogen-bond acceptors (Lipinski definition) is 4. The van der Waals surface area contributed by atoms with Crippen LogP contribution in [-0.2, 0) is 11.8 Å². The molecule has 1 unspecified atom stereocenters. The third-order valence-corrected chi connectivity index (χ3v) is 32.3. The van der Waals surface area contributed by atoms with Crippen molar-refractivity contribution in [1.82, 2.24) is 0 Å². The number of methoxy groups -OCH3 is 1. The van der Waals surface area contributed by atoms with Gasteiger partial charge < -0.3 is 0 Å². The molecule has 0 aromatic heterocycles. The average molecular weight is 424 g/mol. The fourth-order valence-electron chi connectivity index (χ4n) is 1.65. The second-order valence-electron chi connectivity index (χ2n) is 5.08. The summed E-state index contributed by atoms with van der Waals surface area (Å²) in [5.41, 5.74) is 0. The molecule has 0 heterocycles. The van der Waals surface area contributed by atoms with E-state index in [1.807, 2.05) is 11.4 Å². The molecule has 0 fully saturated rings. The monoisotopic (exact) mass is 424 g/mol. The van der Waals surface area contributed by atoms with Gasteiger partial charge in [-0.1, -0.05) is 0 Å². The fraction of sp³-hybridized carbons (Fsp3) is 0.600. The van der Waals surface area contributed by atoms with E-state index in [0.717, 1.165) is 11.5 Å². The van der Waals surface area contributed by atoms with Crippen molar-refractivity contribution in [2.45, 2.75) is 38.1 Å². The van der Waals surface area contributed by atoms with Crippen molar-refractivity contribution in [2.24, 2.45) is 5.92 Å². The molecule has 1 rings (SSSR count). The molecule has 1 aromatic carbocycles. The Balaban J connectivity index is 3.01. The first-order valence-corrected chi connectivity index (χ1v) is 18.0. The summed E-state index contributed by atoms with van der Waals surface area (Å²) < 4.78 is 3.71. The summed E-state index contributed by atoms with van der Waals surface area (Å²) in [4.78, 5) is 0. The van der Waals surface area contributed by atoms with Crippen LogP contribution in [0.3, 0.4) is 0 Å². The minimum absolute atomic E-state index is 0.695. The summed E-state index contributed by atoms with van der Waals surface area (Å²) in [5, 5.41) is 4.03. The molecule has 120 valence electrons. The SMILES string of the molecule is CC[As](CC)SP(=S)(SCC(C)C)c1ccc(OC)cc1. The van der Waals surface area contributed by atoms with Crippen molar-refractivity contribution in [3.8, 4) is 5.75 Å². The Labute approximate surface area is 147 Å². The van der Waals surface area contributed by atoms with Crippen LogP contribution in [0.15, 0.2) is 24.3 Å². The normalized spacial score (nSPS) is 14.4. The quantitative estimate of drug-likeness (QED) is 0.367. The van der Waals surface area contributed by atoms with Crippen molar-refractivity contribution < 1.29 is 4.74 Å². The Morgan fingerprint density at radius 3 is 2.19 bits per heavy atom. The van der Waals surface area contributed by atoms with Gasteiger partial charge in [-0.2, -0.15) is 0 Å². The Bertz CT molecular complexity index is 460. The molecule has 0 saturated heterocycles. The number of rotatable bonds is 9. The van der Waals surface area contributed by atoms with Crippen LogP contribution in [0.2, 0.25) is 10.4 Å². The number of ether oxygens (including phenoxy) is 1. The number of hydrogen-bond donors (Lipinski definition) is 0. The van der Waals surface area contributed by atoms with Gasteiger partial charge in [-0.05, 0) is 0 Å². The van der Waals surface area contributed by atoms with Crippen molar-refractivity contribution in [1.29, 1.82) is 0 Å². The first-order chi connectivity index (χ1) is 9.95. The molecule has 1 atom stereocenters. The Hall–Kier alpha value is 0.928. The molecular weight excluding hydrogens is 398 g/mol. The van der Waals surface area contributed by atoms with Gasteiger partial charge in [0.1, 0.15) is 0 Å². The van der Waals surface area contributed by atoms with Crippen molar-refractivity contribution in [3.63, 3.8) is 0 Å². The van der Waals surface area contributed by atoms with E-state index in [2.05, 4.69) is 61.6 Å². The van der Waals surface area contributed by atoms with Gasteiger partial charge in [-0.3, -0.25) is 0 Å². The van der Waals surface area contributed by atoms with Crippen molar-refractivity contribution in [2.75, 3.05) is 12.9 Å². The van der Waals surface area contributed by atoms with Gasteiger partial charge in [-0.15, -0.1) is 0 Å². The first-order valence-electron chi connectivity index (χ1n) is 7.29. The second-order valence-corrected chi connectivity index (χ2v) is 26.1. The van der Waals surface area contributed by atoms with Crippen molar-refractivity contribution >= 4 is 56.1 Å². The van der Waals surface area contributed by atoms with Gasteiger partial charge in [0.25, 0.3) is 0 Å². The molecule has 6 heteroatoms. The third-order valence-electron chi connectivity index (χ3n) is 2.89. The molecule has 0 aliphatic heterocycles. The van der Waals surface area contributed by atoms with Gasteiger partial charge in [-0.25, -0.2) is 0 Å². The summed E-state index contributed by atoms with van der Waals surface area (Å²) >= 11 is 7.42. The number of benzene rings is 1. The van der Waals surface area contributed by atoms with E-state index >= 15 is 0 Å². The zero-order valence-corrected chi connectivity index (χ0v) is 18.8. The van der Waals surface area contributed by atoms with E-state index in [4.69, 9.17) is 16.5 Å². The Morgan fingerprint density at radius 1 is 1.19 bits per heavy atom. The van der Waals surface area contributed by atoms with Crippen LogP contribution in [0.25, 0.3) is 0 Å². The second kappa shape index (κ2) is 9.93. The maximum atomic E-state index is 6.21. The maximum absolute atomic E-state index is 6.21. The molecule has 0 radical (unpaired) electrons. The predicted octanol–water partition coefficient (Wildman–Crippen LogP) is 5.78. The van der Waals surface area contributed by atoms with E-state index < -0.39 is 17.9 Å². The molecule has 0 aliphatic carbocycles. The Kier molecular flexibility index (Phi) is 9.45. The zero-order valence-electron chi connectivity index (χ0n) is 13.5. The Morgan fingerprint density at radius 2 is 1.76 bits per heavy atom. The summed E-state index contributed by atoms with van der Waals surface area (Å²) in [6, 6.07) is 8.50. The summed E-state index contributed by atoms with van der Waals surface area (Å²) in [5.74, 6) is 2.77. The van der Waals surface area contributed by atoms with Crippen molar-refractivity contribution in [3.05, 3.63) is 24.3 Å². The van der Waals surface area contributed by atoms with E-state index in [9.17, 15) is 0 Å². The van der Waals surface area contributed by atoms with Gasteiger partial charge in [0, 0.05) is 0 Å². The van der Waals surface area contributed by atoms with Crippen LogP contribution in [-0.4, -0.2) is 26.4 Å². The van der Waals surface area contributed by atoms with Crippen LogP contribution >= 0.6 is 25.5 Å². The summed E-state index contributed by atoms with van der Waals surface area (Å²) in [6.45, 7) is 9.22. The fourth-order valence-corrected chi connectivity index (χ4v) is 34.4. The topological polar surface area (TPSA) is 9.23 Å². The molecule has 0 bridgehead atoms. The molecule has 0 aliphatic rings. The standard InChI is InChI=1S/C15H26AsOPS3/c1-6-16(7-2)21-18(19,20-12-13(3)4)15-10-8-14(17-5)9-11-15/h8-11,13H,6-7,12H2,1-5H3. The van der Waals surface area contributed by atoms with Gasteiger partial charge in [0.2, 0.25) is 0 Å². The van der Waals surface area contributed by atoms with E-state index in [1.54, 1.807) is 7.11 Å². The average Bonchev–Trinajstić information content (AvgIpc) is 2.50. The minimum atomic E-state index is -1.57. The van der Waals surface area contributed by atoms with Crippen LogP contribution in [0.1, 0.15) is 27.7 Å². The third kappa shape index (κ3) is 6.51. The first kappa shape index (κ1) is 20.0.